The van der Waals surface area contributed by atoms with Gasteiger partial charge >= 0.3 is 0 Å². The van der Waals surface area contributed by atoms with Gasteiger partial charge in [0.15, 0.2) is 0 Å². The standard InChI is InChI=1S/C13H28OS/c1-7-8-9-13(4,12(2)3)10-11-15(5,6)14/h12H,5,7-11H2,1-4,6H3/t13-,15?/m1/s1. The fraction of sp³-hybridized carbons (Fsp3) is 0.923. The molecule has 0 aliphatic carbocycles. The van der Waals surface area contributed by atoms with Gasteiger partial charge in [-0.3, -0.25) is 4.21 Å². The normalized spacial score (nSPS) is 19.9. The molecule has 0 aromatic heterocycles. The molecule has 1 unspecified atom stereocenters. The van der Waals surface area contributed by atoms with Crippen molar-refractivity contribution in [2.24, 2.45) is 11.3 Å². The van der Waals surface area contributed by atoms with Gasteiger partial charge in [-0.25, -0.2) is 0 Å². The predicted octanol–water partition coefficient (Wildman–Crippen LogP) is 3.58. The van der Waals surface area contributed by atoms with E-state index in [2.05, 4.69) is 33.6 Å². The SMILES string of the molecule is C=S(C)(=O)CC[C@@](C)(CCCC)C(C)C. The van der Waals surface area contributed by atoms with Crippen LogP contribution in [0.3, 0.4) is 0 Å². The Kier molecular flexibility index (Phi) is 5.94. The Labute approximate surface area is 96.7 Å². The predicted molar refractivity (Wildman–Crippen MR) is 73.1 cm³/mol. The molecule has 0 saturated carbocycles. The molecule has 0 fully saturated rings. The summed E-state index contributed by atoms with van der Waals surface area (Å²) in [5.74, 6) is 5.17. The summed E-state index contributed by atoms with van der Waals surface area (Å²) in [4.78, 5) is 0. The van der Waals surface area contributed by atoms with Gasteiger partial charge in [-0.05, 0) is 39.6 Å². The summed E-state index contributed by atoms with van der Waals surface area (Å²) in [7, 11) is -1.82. The number of unbranched alkanes of at least 4 members (excludes halogenated alkanes) is 1. The van der Waals surface area contributed by atoms with E-state index in [1.807, 2.05) is 0 Å². The first-order chi connectivity index (χ1) is 6.71. The summed E-state index contributed by atoms with van der Waals surface area (Å²) in [5.41, 5.74) is 0.340. The van der Waals surface area contributed by atoms with Crippen LogP contribution in [0.4, 0.5) is 0 Å². The van der Waals surface area contributed by atoms with E-state index in [9.17, 15) is 4.21 Å². The van der Waals surface area contributed by atoms with Gasteiger partial charge in [0.2, 0.25) is 0 Å². The Morgan fingerprint density at radius 2 is 1.87 bits per heavy atom. The van der Waals surface area contributed by atoms with Gasteiger partial charge in [0.25, 0.3) is 0 Å². The van der Waals surface area contributed by atoms with Gasteiger partial charge in [-0.15, -0.1) is 0 Å². The minimum absolute atomic E-state index is 0.340. The second-order valence-electron chi connectivity index (χ2n) is 5.55. The molecule has 1 nitrogen and oxygen atoms in total. The molecule has 2 heteroatoms. The Morgan fingerprint density at radius 3 is 2.20 bits per heavy atom. The van der Waals surface area contributed by atoms with Crippen molar-refractivity contribution in [3.05, 3.63) is 0 Å². The molecule has 2 atom stereocenters. The zero-order chi connectivity index (χ0) is 12.1. The van der Waals surface area contributed by atoms with E-state index >= 15 is 0 Å². The summed E-state index contributed by atoms with van der Waals surface area (Å²) in [6.45, 7) is 9.11. The van der Waals surface area contributed by atoms with Crippen LogP contribution in [-0.4, -0.2) is 22.1 Å². The van der Waals surface area contributed by atoms with Crippen molar-refractivity contribution in [3.8, 4) is 0 Å². The zero-order valence-corrected chi connectivity index (χ0v) is 12.0. The topological polar surface area (TPSA) is 17.1 Å². The monoisotopic (exact) mass is 232 g/mol. The molecule has 0 heterocycles. The summed E-state index contributed by atoms with van der Waals surface area (Å²) in [6.07, 6.45) is 6.58. The molecule has 92 valence electrons. The summed E-state index contributed by atoms with van der Waals surface area (Å²) >= 11 is 0. The van der Waals surface area contributed by atoms with Crippen molar-refractivity contribution in [2.75, 3.05) is 12.0 Å². The molecule has 0 saturated heterocycles. The highest BCUT2D eigenvalue weighted by Crippen LogP contribution is 2.36. The summed E-state index contributed by atoms with van der Waals surface area (Å²) < 4.78 is 11.6. The van der Waals surface area contributed by atoms with E-state index in [0.717, 1.165) is 12.2 Å². The highest BCUT2D eigenvalue weighted by atomic mass is 32.2. The molecule has 0 aliphatic heterocycles. The van der Waals surface area contributed by atoms with Crippen LogP contribution >= 0.6 is 0 Å². The van der Waals surface area contributed by atoms with Crippen molar-refractivity contribution in [1.29, 1.82) is 0 Å². The number of rotatable bonds is 7. The van der Waals surface area contributed by atoms with Crippen molar-refractivity contribution in [1.82, 2.24) is 0 Å². The maximum absolute atomic E-state index is 11.6. The average Bonchev–Trinajstić information content (AvgIpc) is 2.10. The molecule has 0 N–H and O–H groups in total. The maximum Gasteiger partial charge on any atom is 0.0161 e. The van der Waals surface area contributed by atoms with E-state index in [-0.39, 0.29) is 0 Å². The van der Waals surface area contributed by atoms with Crippen LogP contribution in [0.1, 0.15) is 53.4 Å². The molecule has 0 spiro atoms. The fourth-order valence-electron chi connectivity index (χ4n) is 1.73. The average molecular weight is 232 g/mol. The van der Waals surface area contributed by atoms with E-state index in [4.69, 9.17) is 0 Å². The third-order valence-electron chi connectivity index (χ3n) is 3.60. The van der Waals surface area contributed by atoms with Crippen LogP contribution in [0.5, 0.6) is 0 Å². The van der Waals surface area contributed by atoms with Crippen LogP contribution in [0.25, 0.3) is 0 Å². The molecular weight excluding hydrogens is 204 g/mol. The molecule has 0 amide bonds. The third kappa shape index (κ3) is 6.24. The van der Waals surface area contributed by atoms with Crippen molar-refractivity contribution < 1.29 is 4.21 Å². The van der Waals surface area contributed by atoms with Gasteiger partial charge in [-0.1, -0.05) is 40.5 Å². The first kappa shape index (κ1) is 15.0. The van der Waals surface area contributed by atoms with Gasteiger partial charge in [-0.2, -0.15) is 0 Å². The number of hydrogen-bond donors (Lipinski definition) is 0. The fourth-order valence-corrected chi connectivity index (χ4v) is 2.63. The lowest BCUT2D eigenvalue weighted by molar-refractivity contribution is 0.186. The quantitative estimate of drug-likeness (QED) is 0.613. The largest absolute Gasteiger partial charge is 0.268 e. The molecule has 15 heavy (non-hydrogen) atoms. The minimum atomic E-state index is -1.82. The van der Waals surface area contributed by atoms with E-state index in [1.54, 1.807) is 6.26 Å². The van der Waals surface area contributed by atoms with Crippen LogP contribution in [-0.2, 0) is 9.52 Å². The van der Waals surface area contributed by atoms with Crippen LogP contribution in [0.15, 0.2) is 0 Å². The van der Waals surface area contributed by atoms with Crippen LogP contribution in [0, 0.1) is 11.3 Å². The molecular formula is C13H28OS. The van der Waals surface area contributed by atoms with Gasteiger partial charge in [0.1, 0.15) is 0 Å². The lowest BCUT2D eigenvalue weighted by Gasteiger charge is -2.34. The molecule has 0 aliphatic rings. The first-order valence-electron chi connectivity index (χ1n) is 6.01. The zero-order valence-electron chi connectivity index (χ0n) is 11.1. The van der Waals surface area contributed by atoms with Crippen LogP contribution < -0.4 is 0 Å². The lowest BCUT2D eigenvalue weighted by Crippen LogP contribution is -2.26. The van der Waals surface area contributed by atoms with E-state index in [1.165, 1.54) is 19.3 Å². The van der Waals surface area contributed by atoms with Crippen molar-refractivity contribution in [3.63, 3.8) is 0 Å². The molecule has 0 aromatic carbocycles. The van der Waals surface area contributed by atoms with Gasteiger partial charge < -0.3 is 0 Å². The van der Waals surface area contributed by atoms with E-state index < -0.39 is 9.52 Å². The Bertz CT molecular complexity index is 264. The molecule has 0 aromatic rings. The molecule has 0 rings (SSSR count). The Morgan fingerprint density at radius 1 is 1.33 bits per heavy atom. The highest BCUT2D eigenvalue weighted by Gasteiger charge is 2.27. The van der Waals surface area contributed by atoms with Crippen LogP contribution in [0.2, 0.25) is 0 Å². The molecule has 0 radical (unpaired) electrons. The van der Waals surface area contributed by atoms with Gasteiger partial charge in [0, 0.05) is 12.0 Å². The highest BCUT2D eigenvalue weighted by molar-refractivity contribution is 7.99. The second kappa shape index (κ2) is 5.93. The smallest absolute Gasteiger partial charge is 0.0161 e. The number of hydrogen-bond acceptors (Lipinski definition) is 1. The minimum Gasteiger partial charge on any atom is -0.268 e. The first-order valence-corrected chi connectivity index (χ1v) is 8.31. The third-order valence-corrected chi connectivity index (χ3v) is 4.67. The lowest BCUT2D eigenvalue weighted by atomic mass is 9.73. The maximum atomic E-state index is 11.6. The Balaban J connectivity index is 4.38. The van der Waals surface area contributed by atoms with Crippen molar-refractivity contribution >= 4 is 15.4 Å². The van der Waals surface area contributed by atoms with Gasteiger partial charge in [0.05, 0.1) is 0 Å². The second-order valence-corrected chi connectivity index (χ2v) is 8.33. The summed E-state index contributed by atoms with van der Waals surface area (Å²) in [6, 6.07) is 0. The Hall–Kier alpha value is 0.0200. The molecule has 0 bridgehead atoms. The summed E-state index contributed by atoms with van der Waals surface area (Å²) in [5, 5.41) is 0. The van der Waals surface area contributed by atoms with E-state index in [0.29, 0.717) is 11.3 Å². The van der Waals surface area contributed by atoms with Crippen molar-refractivity contribution in [2.45, 2.75) is 53.4 Å².